The van der Waals surface area contributed by atoms with Crippen LogP contribution in [-0.4, -0.2) is 17.4 Å². The Kier molecular flexibility index (Phi) is 127. The first-order valence-electron chi connectivity index (χ1n) is 0. The predicted molar refractivity (Wildman–Crippen MR) is 5.75 cm³/mol. The predicted octanol–water partition coefficient (Wildman–Crippen LogP) is -0.386. The second-order valence-corrected chi connectivity index (χ2v) is 0. The molecule has 0 aliphatic heterocycles. The third kappa shape index (κ3) is 8.83. The fourth-order valence-corrected chi connectivity index (χ4v) is 0. The molecule has 0 atom stereocenters. The fourth-order valence-electron chi connectivity index (χ4n) is 0. The molecule has 0 rings (SSSR count). The minimum Gasteiger partial charge on any atom is 0 e. The van der Waals surface area contributed by atoms with Crippen LogP contribution >= 0.6 is 0 Å². The van der Waals surface area contributed by atoms with Crippen molar-refractivity contribution in [1.29, 1.82) is 0 Å². The average molecular weight is 280 g/mol. The third-order valence-electron chi connectivity index (χ3n) is 0. The van der Waals surface area contributed by atoms with E-state index in [1.54, 1.807) is 0 Å². The van der Waals surface area contributed by atoms with Crippen LogP contribution in [-0.2, 0) is 33.6 Å². The summed E-state index contributed by atoms with van der Waals surface area (Å²) in [7, 11) is 0. The summed E-state index contributed by atoms with van der Waals surface area (Å²) in [5.74, 6) is 0. The largest absolute Gasteiger partial charge is 0 e. The first-order valence-corrected chi connectivity index (χ1v) is 0. The number of rotatable bonds is 0. The van der Waals surface area contributed by atoms with Gasteiger partial charge in [0.15, 0.2) is 0 Å². The molecular weight excluding hydrogens is 280 g/mol. The number of hydrogen-bond acceptors (Lipinski definition) is 0. The standard InChI is InChI=1S/Al.La.Mn.Ni. The van der Waals surface area contributed by atoms with E-state index in [0.29, 0.717) is 0 Å². The van der Waals surface area contributed by atoms with Crippen LogP contribution in [0.1, 0.15) is 0 Å². The maximum absolute atomic E-state index is 0. The molecule has 0 aliphatic rings. The minimum atomic E-state index is 0. The van der Waals surface area contributed by atoms with Gasteiger partial charge in [-0.3, -0.25) is 0 Å². The van der Waals surface area contributed by atoms with Gasteiger partial charge in [-0.2, -0.15) is 0 Å². The molecule has 0 amide bonds. The molecule has 0 aliphatic carbocycles. The Hall–Kier alpha value is 2.74. The van der Waals surface area contributed by atoms with E-state index in [4.69, 9.17) is 0 Å². The molecule has 0 aromatic heterocycles. The van der Waals surface area contributed by atoms with E-state index in [1.807, 2.05) is 0 Å². The molecule has 0 saturated carbocycles. The molecule has 0 aromatic rings. The maximum atomic E-state index is 0. The molecule has 4 heavy (non-hydrogen) atoms. The Morgan fingerprint density at radius 1 is 1.00 bits per heavy atom. The van der Waals surface area contributed by atoms with E-state index in [2.05, 4.69) is 0 Å². The summed E-state index contributed by atoms with van der Waals surface area (Å²) in [5.41, 5.74) is 0. The van der Waals surface area contributed by atoms with Gasteiger partial charge in [0.25, 0.3) is 0 Å². The van der Waals surface area contributed by atoms with Gasteiger partial charge in [0, 0.05) is 86.5 Å². The molecule has 0 unspecified atom stereocenters. The van der Waals surface area contributed by atoms with Crippen molar-refractivity contribution in [2.45, 2.75) is 0 Å². The second-order valence-electron chi connectivity index (χ2n) is 0. The van der Waals surface area contributed by atoms with Gasteiger partial charge in [-0.05, 0) is 0 Å². The molecule has 0 fully saturated rings. The Balaban J connectivity index is 0. The van der Waals surface area contributed by atoms with Crippen LogP contribution in [0.3, 0.4) is 0 Å². The van der Waals surface area contributed by atoms with E-state index in [1.165, 1.54) is 0 Å². The van der Waals surface area contributed by atoms with E-state index >= 15 is 0 Å². The van der Waals surface area contributed by atoms with Crippen LogP contribution in [0.4, 0.5) is 0 Å². The molecule has 0 heterocycles. The first-order chi connectivity index (χ1) is 0. The Bertz CT molecular complexity index is 8.00. The monoisotopic (exact) mass is 279 g/mol. The quantitative estimate of drug-likeness (QED) is 0.530. The molecular formula is AlLaMnNi. The molecule has 4 heteroatoms. The van der Waals surface area contributed by atoms with Crippen molar-refractivity contribution in [2.75, 3.05) is 0 Å². The van der Waals surface area contributed by atoms with Crippen molar-refractivity contribution >= 4 is 17.4 Å². The van der Waals surface area contributed by atoms with Crippen molar-refractivity contribution in [3.63, 3.8) is 0 Å². The SMILES string of the molecule is [Al].[La].[Mn].[Ni]. The zero-order chi connectivity index (χ0) is 0. The van der Waals surface area contributed by atoms with Gasteiger partial charge in [0.1, 0.15) is 0 Å². The second kappa shape index (κ2) is 17.2. The van der Waals surface area contributed by atoms with Crippen molar-refractivity contribution in [2.24, 2.45) is 0 Å². The summed E-state index contributed by atoms with van der Waals surface area (Å²) in [6.07, 6.45) is 0. The summed E-state index contributed by atoms with van der Waals surface area (Å²) >= 11 is 0. The number of hydrogen-bond donors (Lipinski definition) is 0. The van der Waals surface area contributed by atoms with Crippen molar-refractivity contribution in [3.05, 3.63) is 0 Å². The van der Waals surface area contributed by atoms with Gasteiger partial charge in [-0.25, -0.2) is 0 Å². The van der Waals surface area contributed by atoms with Crippen LogP contribution in [0.15, 0.2) is 0 Å². The van der Waals surface area contributed by atoms with Gasteiger partial charge >= 0.3 is 0 Å². The third-order valence-corrected chi connectivity index (χ3v) is 0. The summed E-state index contributed by atoms with van der Waals surface area (Å²) < 4.78 is 0. The molecule has 0 nitrogen and oxygen atoms in total. The average Bonchev–Trinajstić information content (AvgIpc) is 0. The van der Waals surface area contributed by atoms with Gasteiger partial charge in [-0.15, -0.1) is 0 Å². The normalized spacial score (nSPS) is 0. The van der Waals surface area contributed by atoms with Crippen LogP contribution in [0, 0.1) is 35.6 Å². The Morgan fingerprint density at radius 3 is 1.00 bits per heavy atom. The molecule has 0 spiro atoms. The topological polar surface area (TPSA) is 0 Å². The van der Waals surface area contributed by atoms with Gasteiger partial charge in [0.05, 0.1) is 0 Å². The van der Waals surface area contributed by atoms with E-state index in [0.717, 1.165) is 0 Å². The van der Waals surface area contributed by atoms with E-state index in [9.17, 15) is 0 Å². The molecule has 0 bridgehead atoms. The first kappa shape index (κ1) is 29.6. The van der Waals surface area contributed by atoms with Gasteiger partial charge in [-0.1, -0.05) is 0 Å². The zero-order valence-corrected chi connectivity index (χ0v) is 8.80. The van der Waals surface area contributed by atoms with Crippen LogP contribution < -0.4 is 0 Å². The van der Waals surface area contributed by atoms with Gasteiger partial charge in [0.2, 0.25) is 0 Å². The van der Waals surface area contributed by atoms with Crippen molar-refractivity contribution in [3.8, 4) is 0 Å². The Labute approximate surface area is 85.0 Å². The van der Waals surface area contributed by atoms with Crippen LogP contribution in [0.25, 0.3) is 0 Å². The van der Waals surface area contributed by atoms with E-state index in [-0.39, 0.29) is 86.5 Å². The summed E-state index contributed by atoms with van der Waals surface area (Å²) in [6, 6.07) is 0. The smallest absolute Gasteiger partial charge is 0 e. The maximum Gasteiger partial charge on any atom is 0 e. The molecule has 0 saturated heterocycles. The van der Waals surface area contributed by atoms with Crippen molar-refractivity contribution < 1.29 is 69.2 Å². The van der Waals surface area contributed by atoms with Crippen LogP contribution in [0.2, 0.25) is 0 Å². The summed E-state index contributed by atoms with van der Waals surface area (Å²) in [6.45, 7) is 0. The summed E-state index contributed by atoms with van der Waals surface area (Å²) in [4.78, 5) is 0. The Morgan fingerprint density at radius 2 is 1.00 bits per heavy atom. The molecule has 23 valence electrons. The zero-order valence-electron chi connectivity index (χ0n) is 1.85. The molecule has 0 N–H and O–H groups in total. The van der Waals surface area contributed by atoms with Gasteiger partial charge < -0.3 is 0 Å². The summed E-state index contributed by atoms with van der Waals surface area (Å²) in [5, 5.41) is 0. The molecule has 0 aromatic carbocycles. The minimum absolute atomic E-state index is 0. The fraction of sp³-hybridized carbons (Fsp3) is 0. The van der Waals surface area contributed by atoms with Crippen LogP contribution in [0.5, 0.6) is 0 Å². The molecule has 5 radical (unpaired) electrons. The van der Waals surface area contributed by atoms with Crippen molar-refractivity contribution in [1.82, 2.24) is 0 Å². The van der Waals surface area contributed by atoms with E-state index < -0.39 is 0 Å².